The highest BCUT2D eigenvalue weighted by molar-refractivity contribution is 6.02. The molecule has 0 bridgehead atoms. The third kappa shape index (κ3) is 11.5. The van der Waals surface area contributed by atoms with Crippen LogP contribution in [0.4, 0.5) is 11.4 Å². The molecule has 0 aliphatic carbocycles. The summed E-state index contributed by atoms with van der Waals surface area (Å²) in [6, 6.07) is 21.8. The van der Waals surface area contributed by atoms with Gasteiger partial charge in [0.05, 0.1) is 54.5 Å². The lowest BCUT2D eigenvalue weighted by molar-refractivity contribution is 0.0729. The van der Waals surface area contributed by atoms with Gasteiger partial charge in [-0.1, -0.05) is 13.0 Å². The Kier molecular flexibility index (Phi) is 15.1. The number of carbonyl (C=O) groups is 3. The zero-order chi connectivity index (χ0) is 47.7. The van der Waals surface area contributed by atoms with E-state index in [0.717, 1.165) is 72.0 Å². The summed E-state index contributed by atoms with van der Waals surface area (Å²) in [6.07, 6.45) is 4.91. The minimum atomic E-state index is -0.316. The minimum absolute atomic E-state index is 0.00733. The summed E-state index contributed by atoms with van der Waals surface area (Å²) in [4.78, 5) is 75.5. The number of hydrogen-bond acceptors (Lipinski definition) is 12. The molecular formula is C51H60N10O7. The number of H-pyrrole nitrogens is 1. The van der Waals surface area contributed by atoms with Crippen LogP contribution < -0.4 is 30.6 Å². The van der Waals surface area contributed by atoms with Crippen molar-refractivity contribution in [2.24, 2.45) is 0 Å². The fourth-order valence-electron chi connectivity index (χ4n) is 8.57. The molecule has 2 aromatic carbocycles. The average Bonchev–Trinajstić information content (AvgIpc) is 3.74. The normalized spacial score (nSPS) is 14.0. The molecule has 2 aliphatic rings. The monoisotopic (exact) mass is 924 g/mol. The molecule has 356 valence electrons. The standard InChI is InChI=1S/C51H60N10O7/c1-6-36-28-43-44(57-48(36)62)26-35(29-53-43)31-58-19-21-59(22-20-58)39-12-15-42(54-30-39)49(63)52-17-23-66-24-25-67-41-9-7-8-37(27-41)51(65)60-18-16-46-45(32-60)56-47(61(46)33(2)3)50(64)55-38-10-13-40(14-11-38)68-34(4)5/h7-15,26-30,33-34H,6,16-25,31-32H2,1-5H3,(H,52,63)(H,55,64)(H,57,62). The zero-order valence-electron chi connectivity index (χ0n) is 39.4. The summed E-state index contributed by atoms with van der Waals surface area (Å²) >= 11 is 0. The summed E-state index contributed by atoms with van der Waals surface area (Å²) < 4.78 is 19.3. The van der Waals surface area contributed by atoms with Gasteiger partial charge in [0.2, 0.25) is 0 Å². The first-order valence-electron chi connectivity index (χ1n) is 23.4. The van der Waals surface area contributed by atoms with Crippen molar-refractivity contribution < 1.29 is 28.6 Å². The number of imidazole rings is 1. The van der Waals surface area contributed by atoms with Crippen LogP contribution in [-0.4, -0.2) is 117 Å². The van der Waals surface area contributed by atoms with Crippen molar-refractivity contribution in [2.75, 3.05) is 69.3 Å². The number of amides is 3. The molecular weight excluding hydrogens is 865 g/mol. The van der Waals surface area contributed by atoms with Gasteiger partial charge in [-0.2, -0.15) is 0 Å². The van der Waals surface area contributed by atoms with Crippen molar-refractivity contribution in [3.05, 3.63) is 135 Å². The first kappa shape index (κ1) is 47.4. The van der Waals surface area contributed by atoms with Gasteiger partial charge in [0.15, 0.2) is 5.82 Å². The van der Waals surface area contributed by atoms with Crippen LogP contribution in [0.1, 0.15) is 94.6 Å². The number of anilines is 2. The number of aromatic amines is 1. The highest BCUT2D eigenvalue weighted by Gasteiger charge is 2.30. The number of benzene rings is 2. The lowest BCUT2D eigenvalue weighted by Gasteiger charge is -2.36. The van der Waals surface area contributed by atoms with Gasteiger partial charge in [-0.15, -0.1) is 0 Å². The number of piperazine rings is 1. The Morgan fingerprint density at radius 2 is 1.65 bits per heavy atom. The fraction of sp³-hybridized carbons (Fsp3) is 0.392. The largest absolute Gasteiger partial charge is 0.491 e. The predicted molar refractivity (Wildman–Crippen MR) is 260 cm³/mol. The van der Waals surface area contributed by atoms with E-state index in [1.54, 1.807) is 53.6 Å². The number of aromatic nitrogens is 5. The maximum atomic E-state index is 13.7. The number of fused-ring (bicyclic) bond motifs is 2. The van der Waals surface area contributed by atoms with Crippen LogP contribution in [0.15, 0.2) is 90.0 Å². The smallest absolute Gasteiger partial charge is 0.291 e. The van der Waals surface area contributed by atoms with Crippen LogP contribution in [0, 0.1) is 0 Å². The molecule has 0 atom stereocenters. The van der Waals surface area contributed by atoms with Gasteiger partial charge < -0.3 is 44.2 Å². The van der Waals surface area contributed by atoms with Crippen LogP contribution in [0.2, 0.25) is 0 Å². The zero-order valence-corrected chi connectivity index (χ0v) is 39.4. The number of hydrogen-bond donors (Lipinski definition) is 3. The topological polar surface area (TPSA) is 189 Å². The summed E-state index contributed by atoms with van der Waals surface area (Å²) in [5.41, 5.74) is 7.37. The first-order valence-corrected chi connectivity index (χ1v) is 23.4. The molecule has 3 amide bonds. The Hall–Kier alpha value is -7.11. The Morgan fingerprint density at radius 1 is 0.838 bits per heavy atom. The molecule has 1 fully saturated rings. The number of nitrogens with zero attached hydrogens (tertiary/aromatic N) is 7. The summed E-state index contributed by atoms with van der Waals surface area (Å²) in [5.74, 6) is 0.829. The highest BCUT2D eigenvalue weighted by atomic mass is 16.5. The average molecular weight is 925 g/mol. The van der Waals surface area contributed by atoms with Gasteiger partial charge in [0.1, 0.15) is 23.8 Å². The van der Waals surface area contributed by atoms with E-state index >= 15 is 0 Å². The van der Waals surface area contributed by atoms with Crippen LogP contribution in [0.25, 0.3) is 11.0 Å². The maximum Gasteiger partial charge on any atom is 0.291 e. The van der Waals surface area contributed by atoms with Crippen molar-refractivity contribution in [2.45, 2.75) is 72.7 Å². The molecule has 6 heterocycles. The van der Waals surface area contributed by atoms with E-state index in [1.807, 2.05) is 75.7 Å². The summed E-state index contributed by atoms with van der Waals surface area (Å²) in [7, 11) is 0. The van der Waals surface area contributed by atoms with Crippen LogP contribution in [0.5, 0.6) is 11.5 Å². The third-order valence-corrected chi connectivity index (χ3v) is 12.0. The van der Waals surface area contributed by atoms with E-state index in [1.165, 1.54) is 0 Å². The van der Waals surface area contributed by atoms with Gasteiger partial charge in [-0.3, -0.25) is 29.1 Å². The maximum absolute atomic E-state index is 13.7. The molecule has 3 N–H and O–H groups in total. The number of pyridine rings is 3. The molecule has 1 saturated heterocycles. The molecule has 0 radical (unpaired) electrons. The summed E-state index contributed by atoms with van der Waals surface area (Å²) in [6.45, 7) is 15.9. The van der Waals surface area contributed by atoms with Gasteiger partial charge in [0.25, 0.3) is 23.3 Å². The van der Waals surface area contributed by atoms with Crippen molar-refractivity contribution in [1.82, 2.24) is 39.6 Å². The van der Waals surface area contributed by atoms with E-state index in [4.69, 9.17) is 19.2 Å². The number of nitrogens with one attached hydrogen (secondary N) is 3. The quantitative estimate of drug-likeness (QED) is 0.0849. The molecule has 8 rings (SSSR count). The second kappa shape index (κ2) is 21.7. The number of ether oxygens (including phenoxy) is 3. The second-order valence-electron chi connectivity index (χ2n) is 17.6. The molecule has 2 aliphatic heterocycles. The molecule has 4 aromatic heterocycles. The lowest BCUT2D eigenvalue weighted by atomic mass is 10.1. The predicted octanol–water partition coefficient (Wildman–Crippen LogP) is 6.04. The van der Waals surface area contributed by atoms with Gasteiger partial charge >= 0.3 is 0 Å². The van der Waals surface area contributed by atoms with E-state index < -0.39 is 0 Å². The highest BCUT2D eigenvalue weighted by Crippen LogP contribution is 2.27. The first-order chi connectivity index (χ1) is 32.9. The lowest BCUT2D eigenvalue weighted by Crippen LogP contribution is -2.46. The Balaban J connectivity index is 0.736. The van der Waals surface area contributed by atoms with Crippen molar-refractivity contribution in [3.63, 3.8) is 0 Å². The van der Waals surface area contributed by atoms with Crippen molar-refractivity contribution in [1.29, 1.82) is 0 Å². The Bertz CT molecular complexity index is 2780. The second-order valence-corrected chi connectivity index (χ2v) is 17.6. The Morgan fingerprint density at radius 3 is 2.38 bits per heavy atom. The van der Waals surface area contributed by atoms with Gasteiger partial charge in [0, 0.05) is 87.0 Å². The molecule has 68 heavy (non-hydrogen) atoms. The Labute approximate surface area is 395 Å². The molecule has 0 unspecified atom stereocenters. The molecule has 6 aromatic rings. The number of aryl methyl sites for hydroxylation is 1. The van der Waals surface area contributed by atoms with Gasteiger partial charge in [-0.25, -0.2) is 9.97 Å². The van der Waals surface area contributed by atoms with Crippen molar-refractivity contribution in [3.8, 4) is 11.5 Å². The van der Waals surface area contributed by atoms with Crippen LogP contribution in [0.3, 0.4) is 0 Å². The minimum Gasteiger partial charge on any atom is -0.491 e. The number of carbonyl (C=O) groups excluding carboxylic acids is 3. The fourth-order valence-corrected chi connectivity index (χ4v) is 8.57. The molecule has 0 spiro atoms. The third-order valence-electron chi connectivity index (χ3n) is 12.0. The van der Waals surface area contributed by atoms with Gasteiger partial charge in [-0.05, 0) is 106 Å². The molecule has 17 heteroatoms. The number of rotatable bonds is 18. The SMILES string of the molecule is CCc1cc2ncc(CN3CCN(c4ccc(C(=O)NCCOCCOc5cccc(C(=O)N6CCc7c(nc(C(=O)Nc8ccc(OC(C)C)cc8)n7C(C)C)C6)c5)nc4)CC3)cc2[nH]c1=O. The van der Waals surface area contributed by atoms with Crippen LogP contribution in [-0.2, 0) is 30.7 Å². The molecule has 0 saturated carbocycles. The van der Waals surface area contributed by atoms with Crippen molar-refractivity contribution >= 4 is 40.1 Å². The molecule has 17 nitrogen and oxygen atoms in total. The van der Waals surface area contributed by atoms with E-state index in [-0.39, 0.29) is 61.8 Å². The van der Waals surface area contributed by atoms with E-state index in [2.05, 4.69) is 35.4 Å². The van der Waals surface area contributed by atoms with Crippen LogP contribution >= 0.6 is 0 Å². The van der Waals surface area contributed by atoms with E-state index in [0.29, 0.717) is 60.1 Å². The van der Waals surface area contributed by atoms with E-state index in [9.17, 15) is 19.2 Å². The summed E-state index contributed by atoms with van der Waals surface area (Å²) in [5, 5.41) is 5.82.